The van der Waals surface area contributed by atoms with Gasteiger partial charge in [-0.3, -0.25) is 4.21 Å². The molecule has 4 heteroatoms. The molecule has 1 aliphatic carbocycles. The van der Waals surface area contributed by atoms with Gasteiger partial charge < -0.3 is 5.32 Å². The Labute approximate surface area is 130 Å². The van der Waals surface area contributed by atoms with Crippen LogP contribution in [-0.4, -0.2) is 22.0 Å². The molecule has 1 saturated carbocycles. The van der Waals surface area contributed by atoms with E-state index in [4.69, 9.17) is 0 Å². The van der Waals surface area contributed by atoms with Crippen LogP contribution in [0.1, 0.15) is 46.0 Å². The minimum Gasteiger partial charge on any atom is -0.313 e. The summed E-state index contributed by atoms with van der Waals surface area (Å²) in [5.41, 5.74) is 0. The van der Waals surface area contributed by atoms with Gasteiger partial charge in [-0.15, -0.1) is 0 Å². The topological polar surface area (TPSA) is 29.1 Å². The zero-order valence-corrected chi connectivity index (χ0v) is 13.8. The first kappa shape index (κ1) is 16.6. The van der Waals surface area contributed by atoms with Crippen LogP contribution in [0.15, 0.2) is 29.2 Å². The average molecular weight is 311 g/mol. The summed E-state index contributed by atoms with van der Waals surface area (Å²) in [6.45, 7) is 5.26. The van der Waals surface area contributed by atoms with Gasteiger partial charge >= 0.3 is 0 Å². The first-order chi connectivity index (χ1) is 10.2. The van der Waals surface area contributed by atoms with Crippen molar-refractivity contribution < 1.29 is 8.60 Å². The monoisotopic (exact) mass is 311 g/mol. The number of hydrogen-bond donors (Lipinski definition) is 1. The van der Waals surface area contributed by atoms with Gasteiger partial charge in [0, 0.05) is 6.04 Å². The molecule has 1 aromatic carbocycles. The zero-order valence-electron chi connectivity index (χ0n) is 13.0. The van der Waals surface area contributed by atoms with E-state index in [0.717, 1.165) is 32.2 Å². The fraction of sp³-hybridized carbons (Fsp3) is 0.647. The number of hydrogen-bond acceptors (Lipinski definition) is 2. The van der Waals surface area contributed by atoms with Crippen LogP contribution in [0.2, 0.25) is 0 Å². The quantitative estimate of drug-likeness (QED) is 0.864. The van der Waals surface area contributed by atoms with Crippen LogP contribution in [-0.2, 0) is 10.8 Å². The van der Waals surface area contributed by atoms with Gasteiger partial charge in [0.05, 0.1) is 20.9 Å². The molecule has 21 heavy (non-hydrogen) atoms. The molecule has 2 rings (SSSR count). The van der Waals surface area contributed by atoms with E-state index in [9.17, 15) is 8.60 Å². The van der Waals surface area contributed by atoms with E-state index in [1.54, 1.807) is 18.2 Å². The van der Waals surface area contributed by atoms with E-state index >= 15 is 0 Å². The van der Waals surface area contributed by atoms with E-state index < -0.39 is 10.8 Å². The Bertz CT molecular complexity index is 480. The average Bonchev–Trinajstić information content (AvgIpc) is 2.52. The second-order valence-electron chi connectivity index (χ2n) is 5.91. The third-order valence-electron chi connectivity index (χ3n) is 4.46. The van der Waals surface area contributed by atoms with E-state index in [1.807, 2.05) is 0 Å². The summed E-state index contributed by atoms with van der Waals surface area (Å²) in [6.07, 6.45) is 5.34. The zero-order chi connectivity index (χ0) is 15.2. The molecular weight excluding hydrogens is 285 g/mol. The number of rotatable bonds is 6. The Morgan fingerprint density at radius 2 is 2.05 bits per heavy atom. The summed E-state index contributed by atoms with van der Waals surface area (Å²) in [7, 11) is -1.27. The Morgan fingerprint density at radius 1 is 1.29 bits per heavy atom. The molecule has 0 aliphatic heterocycles. The second-order valence-corrected chi connectivity index (χ2v) is 7.55. The molecule has 0 aromatic heterocycles. The van der Waals surface area contributed by atoms with Gasteiger partial charge in [0.15, 0.2) is 0 Å². The largest absolute Gasteiger partial charge is 0.313 e. The summed E-state index contributed by atoms with van der Waals surface area (Å²) in [4.78, 5) is 0.363. The van der Waals surface area contributed by atoms with Crippen molar-refractivity contribution in [3.63, 3.8) is 0 Å². The highest BCUT2D eigenvalue weighted by Gasteiger charge is 2.34. The Morgan fingerprint density at radius 3 is 2.71 bits per heavy atom. The molecule has 118 valence electrons. The lowest BCUT2D eigenvalue weighted by atomic mass is 9.84. The molecule has 0 heterocycles. The van der Waals surface area contributed by atoms with Gasteiger partial charge in [0.25, 0.3) is 0 Å². The molecule has 0 radical (unpaired) electrons. The minimum absolute atomic E-state index is 0.0205. The number of halogens is 1. The first-order valence-corrected chi connectivity index (χ1v) is 9.27. The molecule has 1 aromatic rings. The van der Waals surface area contributed by atoms with Crippen molar-refractivity contribution in [2.24, 2.45) is 5.92 Å². The van der Waals surface area contributed by atoms with E-state index in [1.165, 1.54) is 12.5 Å². The lowest BCUT2D eigenvalue weighted by Gasteiger charge is -2.36. The van der Waals surface area contributed by atoms with E-state index in [0.29, 0.717) is 10.8 Å². The fourth-order valence-electron chi connectivity index (χ4n) is 3.15. The summed E-state index contributed by atoms with van der Waals surface area (Å²) >= 11 is 0. The Hall–Kier alpha value is -0.740. The van der Waals surface area contributed by atoms with Crippen molar-refractivity contribution in [1.29, 1.82) is 0 Å². The van der Waals surface area contributed by atoms with Crippen LogP contribution in [0, 0.1) is 11.7 Å². The highest BCUT2D eigenvalue weighted by Crippen LogP contribution is 2.32. The van der Waals surface area contributed by atoms with Crippen LogP contribution < -0.4 is 5.32 Å². The number of nitrogens with one attached hydrogen (secondary N) is 1. The standard InChI is InChI=1S/C17H26FNOS/c1-3-11-19-15-10-9-13(4-2)12-17(15)21(20)16-8-6-5-7-14(16)18/h5-8,13,15,17,19H,3-4,9-12H2,1-2H3. The Kier molecular flexibility index (Phi) is 6.37. The van der Waals surface area contributed by atoms with Gasteiger partial charge in [0.1, 0.15) is 5.82 Å². The van der Waals surface area contributed by atoms with Crippen LogP contribution in [0.25, 0.3) is 0 Å². The summed E-state index contributed by atoms with van der Waals surface area (Å²) in [5.74, 6) is 0.272. The summed E-state index contributed by atoms with van der Waals surface area (Å²) < 4.78 is 26.8. The van der Waals surface area contributed by atoms with Crippen LogP contribution in [0.3, 0.4) is 0 Å². The van der Waals surface area contributed by atoms with Crippen molar-refractivity contribution in [2.45, 2.75) is 62.1 Å². The smallest absolute Gasteiger partial charge is 0.139 e. The molecule has 0 amide bonds. The van der Waals surface area contributed by atoms with Crippen LogP contribution in [0.5, 0.6) is 0 Å². The molecule has 0 spiro atoms. The van der Waals surface area contributed by atoms with Gasteiger partial charge in [-0.05, 0) is 50.3 Å². The lowest BCUT2D eigenvalue weighted by molar-refractivity contribution is 0.291. The highest BCUT2D eigenvalue weighted by atomic mass is 32.2. The first-order valence-electron chi connectivity index (χ1n) is 8.05. The normalized spacial score (nSPS) is 27.5. The third kappa shape index (κ3) is 4.13. The Balaban J connectivity index is 2.18. The maximum Gasteiger partial charge on any atom is 0.139 e. The van der Waals surface area contributed by atoms with Crippen molar-refractivity contribution >= 4 is 10.8 Å². The molecule has 1 fully saturated rings. The third-order valence-corrected chi connectivity index (χ3v) is 6.30. The summed E-state index contributed by atoms with van der Waals surface area (Å²) in [5, 5.41) is 3.54. The maximum absolute atomic E-state index is 13.9. The SMILES string of the molecule is CCCNC1CCC(CC)CC1S(=O)c1ccccc1F. The van der Waals surface area contributed by atoms with Crippen molar-refractivity contribution in [2.75, 3.05) is 6.54 Å². The second kappa shape index (κ2) is 8.04. The van der Waals surface area contributed by atoms with Crippen LogP contribution in [0.4, 0.5) is 4.39 Å². The lowest BCUT2D eigenvalue weighted by Crippen LogP contribution is -2.46. The molecule has 1 aliphatic rings. The molecule has 0 bridgehead atoms. The maximum atomic E-state index is 13.9. The van der Waals surface area contributed by atoms with Gasteiger partial charge in [0.2, 0.25) is 0 Å². The molecular formula is C17H26FNOS. The number of benzene rings is 1. The van der Waals surface area contributed by atoms with E-state index in [2.05, 4.69) is 19.2 Å². The van der Waals surface area contributed by atoms with Crippen molar-refractivity contribution in [3.8, 4) is 0 Å². The van der Waals surface area contributed by atoms with Gasteiger partial charge in [-0.25, -0.2) is 4.39 Å². The van der Waals surface area contributed by atoms with Crippen LogP contribution >= 0.6 is 0 Å². The summed E-state index contributed by atoms with van der Waals surface area (Å²) in [6, 6.07) is 6.73. The highest BCUT2D eigenvalue weighted by molar-refractivity contribution is 7.85. The molecule has 2 nitrogen and oxygen atoms in total. The predicted octanol–water partition coefficient (Wildman–Crippen LogP) is 3.88. The fourth-order valence-corrected chi connectivity index (χ4v) is 4.93. The molecule has 0 saturated heterocycles. The molecule has 1 N–H and O–H groups in total. The molecule has 4 atom stereocenters. The molecule has 4 unspecified atom stereocenters. The van der Waals surface area contributed by atoms with E-state index in [-0.39, 0.29) is 17.1 Å². The predicted molar refractivity (Wildman–Crippen MR) is 86.3 cm³/mol. The van der Waals surface area contributed by atoms with Crippen molar-refractivity contribution in [3.05, 3.63) is 30.1 Å². The van der Waals surface area contributed by atoms with Gasteiger partial charge in [-0.1, -0.05) is 32.4 Å². The minimum atomic E-state index is -1.27. The van der Waals surface area contributed by atoms with Crippen molar-refractivity contribution in [1.82, 2.24) is 5.32 Å². The van der Waals surface area contributed by atoms with Gasteiger partial charge in [-0.2, -0.15) is 0 Å².